The normalized spacial score (nSPS) is 19.3. The lowest BCUT2D eigenvalue weighted by Crippen LogP contribution is -2.45. The number of piperidine rings is 1. The zero-order valence-electron chi connectivity index (χ0n) is 11.3. The van der Waals surface area contributed by atoms with Gasteiger partial charge in [0.1, 0.15) is 6.29 Å². The van der Waals surface area contributed by atoms with Crippen LogP contribution in [0.2, 0.25) is 0 Å². The van der Waals surface area contributed by atoms with Crippen LogP contribution in [0.1, 0.15) is 32.1 Å². The zero-order valence-corrected chi connectivity index (χ0v) is 12.1. The largest absolute Gasteiger partial charge is 0.469 e. The Kier molecular flexibility index (Phi) is 7.55. The number of aldehydes is 1. The molecular weight excluding hydrogens is 266 g/mol. The topological polar surface area (TPSA) is 63.7 Å². The van der Waals surface area contributed by atoms with Crippen molar-refractivity contribution >= 4 is 29.9 Å². The molecule has 0 bridgehead atoms. The lowest BCUT2D eigenvalue weighted by Gasteiger charge is -2.32. The van der Waals surface area contributed by atoms with Crippen molar-refractivity contribution in [3.05, 3.63) is 0 Å². The highest BCUT2D eigenvalue weighted by Gasteiger charge is 2.26. The van der Waals surface area contributed by atoms with Gasteiger partial charge in [-0.05, 0) is 25.0 Å². The van der Waals surface area contributed by atoms with E-state index >= 15 is 0 Å². The van der Waals surface area contributed by atoms with Crippen LogP contribution in [0.15, 0.2) is 0 Å². The van der Waals surface area contributed by atoms with E-state index in [1.807, 2.05) is 0 Å². The van der Waals surface area contributed by atoms with Crippen LogP contribution in [0.5, 0.6) is 0 Å². The van der Waals surface area contributed by atoms with E-state index in [0.717, 1.165) is 37.1 Å². The number of nitrogens with zero attached hydrogens (tertiary/aromatic N) is 1. The predicted octanol–water partition coefficient (Wildman–Crippen LogP) is 1.25. The number of rotatable bonds is 8. The van der Waals surface area contributed by atoms with Crippen molar-refractivity contribution in [2.75, 3.05) is 25.2 Å². The first-order chi connectivity index (χ1) is 9.19. The molecule has 0 radical (unpaired) electrons. The molecule has 1 rings (SSSR count). The third kappa shape index (κ3) is 5.63. The molecule has 0 saturated carbocycles. The number of thioether (sulfide) groups is 1. The molecule has 0 aromatic carbocycles. The number of methoxy groups -OCH3 is 1. The van der Waals surface area contributed by atoms with Crippen molar-refractivity contribution in [1.29, 1.82) is 0 Å². The third-order valence-electron chi connectivity index (χ3n) is 3.14. The quantitative estimate of drug-likeness (QED) is 0.382. The number of esters is 1. The van der Waals surface area contributed by atoms with Crippen LogP contribution in [-0.2, 0) is 19.1 Å². The van der Waals surface area contributed by atoms with Crippen LogP contribution in [-0.4, -0.2) is 54.3 Å². The summed E-state index contributed by atoms with van der Waals surface area (Å²) in [5.74, 6) is 1.56. The van der Waals surface area contributed by atoms with Gasteiger partial charge in [-0.15, -0.1) is 0 Å². The van der Waals surface area contributed by atoms with E-state index in [4.69, 9.17) is 0 Å². The molecule has 0 aromatic heterocycles. The maximum absolute atomic E-state index is 11.7. The molecule has 6 heteroatoms. The Balaban J connectivity index is 2.15. The van der Waals surface area contributed by atoms with E-state index in [-0.39, 0.29) is 17.9 Å². The van der Waals surface area contributed by atoms with Gasteiger partial charge in [-0.3, -0.25) is 9.59 Å². The molecule has 0 N–H and O–H groups in total. The van der Waals surface area contributed by atoms with Gasteiger partial charge in [-0.1, -0.05) is 0 Å². The molecular formula is C13H21NO4S. The highest BCUT2D eigenvalue weighted by Crippen LogP contribution is 2.17. The summed E-state index contributed by atoms with van der Waals surface area (Å²) in [5.41, 5.74) is 0. The molecule has 1 heterocycles. The minimum atomic E-state index is -0.239. The lowest BCUT2D eigenvalue weighted by molar-refractivity contribution is -0.140. The van der Waals surface area contributed by atoms with E-state index in [1.165, 1.54) is 7.11 Å². The molecule has 1 atom stereocenters. The average molecular weight is 287 g/mol. The minimum absolute atomic E-state index is 0.0820. The number of likely N-dealkylation sites (tertiary alicyclic amines) is 1. The number of carbonyl (C=O) groups excluding carboxylic acids is 3. The number of ether oxygens (including phenoxy) is 1. The van der Waals surface area contributed by atoms with Crippen molar-refractivity contribution in [2.24, 2.45) is 0 Å². The number of carbonyl (C=O) groups is 3. The second kappa shape index (κ2) is 8.96. The van der Waals surface area contributed by atoms with Gasteiger partial charge in [0, 0.05) is 25.1 Å². The molecule has 0 aromatic rings. The zero-order chi connectivity index (χ0) is 14.1. The van der Waals surface area contributed by atoms with E-state index in [0.29, 0.717) is 19.4 Å². The van der Waals surface area contributed by atoms with Crippen LogP contribution in [0.25, 0.3) is 0 Å². The summed E-state index contributed by atoms with van der Waals surface area (Å²) in [5, 5.41) is 0. The number of hydrogen-bond acceptors (Lipinski definition) is 5. The Bertz CT molecular complexity index is 322. The van der Waals surface area contributed by atoms with E-state index in [9.17, 15) is 14.4 Å². The molecule has 1 amide bonds. The monoisotopic (exact) mass is 287 g/mol. The first-order valence-electron chi connectivity index (χ1n) is 6.58. The van der Waals surface area contributed by atoms with Crippen molar-refractivity contribution in [1.82, 2.24) is 4.90 Å². The highest BCUT2D eigenvalue weighted by atomic mass is 32.2. The molecule has 108 valence electrons. The van der Waals surface area contributed by atoms with Crippen LogP contribution in [0.4, 0.5) is 0 Å². The summed E-state index contributed by atoms with van der Waals surface area (Å²) in [6, 6.07) is -0.239. The summed E-state index contributed by atoms with van der Waals surface area (Å²) < 4.78 is 4.55. The first kappa shape index (κ1) is 16.0. The average Bonchev–Trinajstić information content (AvgIpc) is 2.43. The van der Waals surface area contributed by atoms with Crippen LogP contribution >= 0.6 is 11.8 Å². The second-order valence-corrected chi connectivity index (χ2v) is 5.70. The van der Waals surface area contributed by atoms with Crippen molar-refractivity contribution in [3.63, 3.8) is 0 Å². The third-order valence-corrected chi connectivity index (χ3v) is 4.19. The fraction of sp³-hybridized carbons (Fsp3) is 0.769. The van der Waals surface area contributed by atoms with Gasteiger partial charge in [0.05, 0.1) is 13.2 Å². The van der Waals surface area contributed by atoms with Crippen molar-refractivity contribution < 1.29 is 19.1 Å². The Labute approximate surface area is 118 Å². The minimum Gasteiger partial charge on any atom is -0.469 e. The Morgan fingerprint density at radius 2 is 2.32 bits per heavy atom. The number of hydrogen-bond donors (Lipinski definition) is 0. The van der Waals surface area contributed by atoms with E-state index in [1.54, 1.807) is 16.7 Å². The smallest absolute Gasteiger partial charge is 0.305 e. The lowest BCUT2D eigenvalue weighted by atomic mass is 10.0. The molecule has 1 aliphatic heterocycles. The van der Waals surface area contributed by atoms with Gasteiger partial charge in [0.15, 0.2) is 0 Å². The molecule has 1 fully saturated rings. The van der Waals surface area contributed by atoms with Crippen LogP contribution < -0.4 is 0 Å². The van der Waals surface area contributed by atoms with Gasteiger partial charge < -0.3 is 14.4 Å². The Hall–Kier alpha value is -1.04. The van der Waals surface area contributed by atoms with Crippen LogP contribution in [0.3, 0.4) is 0 Å². The maximum Gasteiger partial charge on any atom is 0.305 e. The second-order valence-electron chi connectivity index (χ2n) is 4.47. The Morgan fingerprint density at radius 3 is 3.00 bits per heavy atom. The standard InChI is InChI=1S/C13H21NO4S/c1-18-13(17)6-3-8-19-9-7-14-11(10-15)4-2-5-12(14)16/h10-11H,2-9H2,1H3/t11-/m1/s1. The SMILES string of the molecule is COC(=O)CCCSCCN1C(=O)CCC[C@@H]1C=O. The van der Waals surface area contributed by atoms with E-state index in [2.05, 4.69) is 4.74 Å². The first-order valence-corrected chi connectivity index (χ1v) is 7.74. The predicted molar refractivity (Wildman–Crippen MR) is 74.0 cm³/mol. The molecule has 0 spiro atoms. The molecule has 5 nitrogen and oxygen atoms in total. The summed E-state index contributed by atoms with van der Waals surface area (Å²) in [7, 11) is 1.39. The summed E-state index contributed by atoms with van der Waals surface area (Å²) >= 11 is 1.70. The van der Waals surface area contributed by atoms with Gasteiger partial charge >= 0.3 is 5.97 Å². The fourth-order valence-corrected chi connectivity index (χ4v) is 2.94. The molecule has 1 aliphatic rings. The molecule has 19 heavy (non-hydrogen) atoms. The summed E-state index contributed by atoms with van der Waals surface area (Å²) in [4.78, 5) is 35.2. The molecule has 1 saturated heterocycles. The molecule has 0 aliphatic carbocycles. The van der Waals surface area contributed by atoms with E-state index < -0.39 is 0 Å². The Morgan fingerprint density at radius 1 is 1.53 bits per heavy atom. The summed E-state index contributed by atoms with van der Waals surface area (Å²) in [6.45, 7) is 0.616. The van der Waals surface area contributed by atoms with Crippen LogP contribution in [0, 0.1) is 0 Å². The maximum atomic E-state index is 11.7. The van der Waals surface area contributed by atoms with Gasteiger partial charge in [-0.25, -0.2) is 0 Å². The van der Waals surface area contributed by atoms with Crippen molar-refractivity contribution in [3.8, 4) is 0 Å². The fourth-order valence-electron chi connectivity index (χ4n) is 2.06. The van der Waals surface area contributed by atoms with Gasteiger partial charge in [0.25, 0.3) is 0 Å². The highest BCUT2D eigenvalue weighted by molar-refractivity contribution is 7.99. The summed E-state index contributed by atoms with van der Waals surface area (Å²) in [6.07, 6.45) is 4.23. The van der Waals surface area contributed by atoms with Gasteiger partial charge in [-0.2, -0.15) is 11.8 Å². The van der Waals surface area contributed by atoms with Crippen molar-refractivity contribution in [2.45, 2.75) is 38.1 Å². The number of amides is 1. The molecule has 0 unspecified atom stereocenters. The van der Waals surface area contributed by atoms with Gasteiger partial charge in [0.2, 0.25) is 5.91 Å².